The second-order valence-electron chi connectivity index (χ2n) is 4.22. The monoisotopic (exact) mass is 317 g/mol. The van der Waals surface area contributed by atoms with E-state index in [1.807, 2.05) is 18.7 Å². The minimum absolute atomic E-state index is 0.0243. The average Bonchev–Trinajstić information content (AvgIpc) is 2.28. The molecule has 2 nitrogen and oxygen atoms in total. The first-order valence-corrected chi connectivity index (χ1v) is 6.90. The van der Waals surface area contributed by atoms with E-state index < -0.39 is 0 Å². The lowest BCUT2D eigenvalue weighted by molar-refractivity contribution is 0.0705. The summed E-state index contributed by atoms with van der Waals surface area (Å²) in [4.78, 5) is 14.2. The lowest BCUT2D eigenvalue weighted by atomic mass is 10.1. The number of halogens is 2. The summed E-state index contributed by atoms with van der Waals surface area (Å²) in [5.74, 6) is 0.0243. The summed E-state index contributed by atoms with van der Waals surface area (Å²) in [6.45, 7) is 6.86. The van der Waals surface area contributed by atoms with E-state index in [-0.39, 0.29) is 11.9 Å². The molecule has 1 amide bonds. The predicted molar refractivity (Wildman–Crippen MR) is 75.6 cm³/mol. The van der Waals surface area contributed by atoms with Crippen molar-refractivity contribution in [1.82, 2.24) is 4.90 Å². The predicted octanol–water partition coefficient (Wildman–Crippen LogP) is 4.36. The Morgan fingerprint density at radius 2 is 2.12 bits per heavy atom. The molecule has 94 valence electrons. The summed E-state index contributed by atoms with van der Waals surface area (Å²) in [7, 11) is 0. The molecule has 0 aliphatic carbocycles. The molecule has 0 saturated heterocycles. The van der Waals surface area contributed by atoms with Crippen molar-refractivity contribution in [2.75, 3.05) is 6.54 Å². The maximum Gasteiger partial charge on any atom is 0.255 e. The van der Waals surface area contributed by atoms with Crippen LogP contribution in [0.15, 0.2) is 22.7 Å². The Morgan fingerprint density at radius 1 is 1.47 bits per heavy atom. The van der Waals surface area contributed by atoms with Crippen LogP contribution in [0.4, 0.5) is 0 Å². The topological polar surface area (TPSA) is 20.3 Å². The van der Waals surface area contributed by atoms with Crippen LogP contribution in [0.2, 0.25) is 5.02 Å². The molecule has 0 N–H and O–H groups in total. The van der Waals surface area contributed by atoms with E-state index in [0.717, 1.165) is 17.4 Å². The van der Waals surface area contributed by atoms with E-state index in [0.29, 0.717) is 10.6 Å². The number of hydrogen-bond donors (Lipinski definition) is 0. The third-order valence-electron chi connectivity index (χ3n) is 2.51. The van der Waals surface area contributed by atoms with E-state index in [2.05, 4.69) is 22.9 Å². The van der Waals surface area contributed by atoms with Crippen LogP contribution in [0.5, 0.6) is 0 Å². The van der Waals surface area contributed by atoms with Crippen LogP contribution in [0.3, 0.4) is 0 Å². The van der Waals surface area contributed by atoms with Crippen LogP contribution >= 0.6 is 27.5 Å². The number of benzene rings is 1. The molecule has 0 bridgehead atoms. The molecule has 1 rings (SSSR count). The molecule has 1 aromatic carbocycles. The van der Waals surface area contributed by atoms with Gasteiger partial charge in [-0.05, 0) is 54.4 Å². The third-order valence-corrected chi connectivity index (χ3v) is 3.43. The number of amides is 1. The number of carbonyl (C=O) groups excluding carboxylic acids is 1. The molecule has 0 aromatic heterocycles. The molecular weight excluding hydrogens is 302 g/mol. The fourth-order valence-corrected chi connectivity index (χ4v) is 2.24. The van der Waals surface area contributed by atoms with Gasteiger partial charge in [0.05, 0.1) is 5.56 Å². The van der Waals surface area contributed by atoms with Gasteiger partial charge >= 0.3 is 0 Å². The van der Waals surface area contributed by atoms with Gasteiger partial charge in [0.2, 0.25) is 0 Å². The second-order valence-corrected chi connectivity index (χ2v) is 5.51. The first-order chi connectivity index (χ1) is 7.97. The zero-order chi connectivity index (χ0) is 13.0. The normalized spacial score (nSPS) is 10.7. The summed E-state index contributed by atoms with van der Waals surface area (Å²) in [6.07, 6.45) is 0.947. The Morgan fingerprint density at radius 3 is 2.65 bits per heavy atom. The third kappa shape index (κ3) is 3.71. The molecule has 0 radical (unpaired) electrons. The van der Waals surface area contributed by atoms with Gasteiger partial charge in [0.25, 0.3) is 5.91 Å². The highest BCUT2D eigenvalue weighted by molar-refractivity contribution is 9.10. The van der Waals surface area contributed by atoms with Crippen molar-refractivity contribution < 1.29 is 4.79 Å². The molecule has 0 aliphatic heterocycles. The van der Waals surface area contributed by atoms with Gasteiger partial charge in [0.1, 0.15) is 0 Å². The highest BCUT2D eigenvalue weighted by Crippen LogP contribution is 2.23. The summed E-state index contributed by atoms with van der Waals surface area (Å²) >= 11 is 9.32. The summed E-state index contributed by atoms with van der Waals surface area (Å²) in [5.41, 5.74) is 0.625. The molecule has 0 atom stereocenters. The largest absolute Gasteiger partial charge is 0.336 e. The van der Waals surface area contributed by atoms with Gasteiger partial charge in [0.15, 0.2) is 0 Å². The molecule has 0 aliphatic rings. The van der Waals surface area contributed by atoms with Crippen LogP contribution in [0.25, 0.3) is 0 Å². The highest BCUT2D eigenvalue weighted by Gasteiger charge is 2.20. The van der Waals surface area contributed by atoms with Gasteiger partial charge in [-0.1, -0.05) is 18.5 Å². The number of carbonyl (C=O) groups is 1. The lowest BCUT2D eigenvalue weighted by Gasteiger charge is -2.26. The van der Waals surface area contributed by atoms with Crippen molar-refractivity contribution >= 4 is 33.4 Å². The maximum absolute atomic E-state index is 12.4. The minimum Gasteiger partial charge on any atom is -0.336 e. The van der Waals surface area contributed by atoms with Crippen LogP contribution in [-0.4, -0.2) is 23.4 Å². The Bertz CT molecular complexity index is 406. The molecule has 4 heteroatoms. The van der Waals surface area contributed by atoms with Crippen molar-refractivity contribution in [2.24, 2.45) is 0 Å². The Labute approximate surface area is 116 Å². The SMILES string of the molecule is CCCN(C(=O)c1cc(Cl)ccc1Br)C(C)C. The van der Waals surface area contributed by atoms with Crippen molar-refractivity contribution in [1.29, 1.82) is 0 Å². The second kappa shape index (κ2) is 6.41. The van der Waals surface area contributed by atoms with E-state index in [1.54, 1.807) is 18.2 Å². The molecule has 0 saturated carbocycles. The molecule has 0 fully saturated rings. The Balaban J connectivity index is 3.04. The zero-order valence-corrected chi connectivity index (χ0v) is 12.7. The van der Waals surface area contributed by atoms with E-state index in [4.69, 9.17) is 11.6 Å². The minimum atomic E-state index is 0.0243. The molecular formula is C13H17BrClNO. The van der Waals surface area contributed by atoms with Crippen molar-refractivity contribution in [3.05, 3.63) is 33.3 Å². The molecule has 0 unspecified atom stereocenters. The van der Waals surface area contributed by atoms with Gasteiger partial charge < -0.3 is 4.90 Å². The molecule has 17 heavy (non-hydrogen) atoms. The number of hydrogen-bond acceptors (Lipinski definition) is 1. The highest BCUT2D eigenvalue weighted by atomic mass is 79.9. The average molecular weight is 319 g/mol. The lowest BCUT2D eigenvalue weighted by Crippen LogP contribution is -2.37. The van der Waals surface area contributed by atoms with Gasteiger partial charge in [-0.2, -0.15) is 0 Å². The molecule has 0 heterocycles. The molecule has 0 spiro atoms. The smallest absolute Gasteiger partial charge is 0.255 e. The summed E-state index contributed by atoms with van der Waals surface area (Å²) in [5, 5.41) is 0.580. The van der Waals surface area contributed by atoms with Crippen LogP contribution in [0.1, 0.15) is 37.6 Å². The quantitative estimate of drug-likeness (QED) is 0.807. The van der Waals surface area contributed by atoms with Crippen LogP contribution < -0.4 is 0 Å². The maximum atomic E-state index is 12.4. The Hall–Kier alpha value is -0.540. The summed E-state index contributed by atoms with van der Waals surface area (Å²) in [6, 6.07) is 5.47. The van der Waals surface area contributed by atoms with Crippen LogP contribution in [-0.2, 0) is 0 Å². The first kappa shape index (κ1) is 14.5. The van der Waals surface area contributed by atoms with Crippen molar-refractivity contribution in [3.8, 4) is 0 Å². The van der Waals surface area contributed by atoms with Gasteiger partial charge in [0, 0.05) is 22.1 Å². The van der Waals surface area contributed by atoms with Gasteiger partial charge in [-0.25, -0.2) is 0 Å². The standard InChI is InChI=1S/C13H17BrClNO/c1-4-7-16(9(2)3)13(17)11-8-10(15)5-6-12(11)14/h5-6,8-9H,4,7H2,1-3H3. The molecule has 1 aromatic rings. The zero-order valence-electron chi connectivity index (χ0n) is 10.3. The van der Waals surface area contributed by atoms with E-state index >= 15 is 0 Å². The van der Waals surface area contributed by atoms with Gasteiger partial charge in [-0.3, -0.25) is 4.79 Å². The fourth-order valence-electron chi connectivity index (χ4n) is 1.65. The van der Waals surface area contributed by atoms with E-state index in [9.17, 15) is 4.79 Å². The van der Waals surface area contributed by atoms with Crippen LogP contribution in [0, 0.1) is 0 Å². The fraction of sp³-hybridized carbons (Fsp3) is 0.462. The van der Waals surface area contributed by atoms with E-state index in [1.165, 1.54) is 0 Å². The first-order valence-electron chi connectivity index (χ1n) is 5.73. The number of rotatable bonds is 4. The van der Waals surface area contributed by atoms with Crippen molar-refractivity contribution in [2.45, 2.75) is 33.2 Å². The summed E-state index contributed by atoms with van der Waals surface area (Å²) < 4.78 is 0.786. The number of nitrogens with zero attached hydrogens (tertiary/aromatic N) is 1. The van der Waals surface area contributed by atoms with Gasteiger partial charge in [-0.15, -0.1) is 0 Å². The van der Waals surface area contributed by atoms with Crippen molar-refractivity contribution in [3.63, 3.8) is 0 Å². The Kier molecular flexibility index (Phi) is 5.47.